The van der Waals surface area contributed by atoms with Crippen LogP contribution in [0, 0.1) is 11.3 Å². The van der Waals surface area contributed by atoms with Crippen molar-refractivity contribution in [2.75, 3.05) is 0 Å². The van der Waals surface area contributed by atoms with Gasteiger partial charge in [-0.3, -0.25) is 9.59 Å². The lowest BCUT2D eigenvalue weighted by molar-refractivity contribution is -0.138. The molecule has 1 fully saturated rings. The summed E-state index contributed by atoms with van der Waals surface area (Å²) >= 11 is 0. The van der Waals surface area contributed by atoms with E-state index in [0.29, 0.717) is 18.8 Å². The molecule has 1 rings (SSSR count). The average molecular weight is 180 g/mol. The molecular formula is C11H16O2. The molecule has 2 heteroatoms. The molecule has 0 aromatic heterocycles. The quantitative estimate of drug-likeness (QED) is 0.482. The Morgan fingerprint density at radius 2 is 1.85 bits per heavy atom. The number of rotatable bonds is 2. The van der Waals surface area contributed by atoms with E-state index in [0.717, 1.165) is 5.57 Å². The molecule has 72 valence electrons. The van der Waals surface area contributed by atoms with Crippen LogP contribution in [0.25, 0.3) is 0 Å². The van der Waals surface area contributed by atoms with Crippen molar-refractivity contribution in [1.29, 1.82) is 0 Å². The molecule has 0 aromatic rings. The topological polar surface area (TPSA) is 34.1 Å². The molecule has 2 nitrogen and oxygen atoms in total. The second-order valence-corrected chi connectivity index (χ2v) is 4.13. The minimum atomic E-state index is -0.740. The van der Waals surface area contributed by atoms with E-state index in [-0.39, 0.29) is 11.6 Å². The van der Waals surface area contributed by atoms with Gasteiger partial charge in [0, 0.05) is 0 Å². The molecule has 13 heavy (non-hydrogen) atoms. The summed E-state index contributed by atoms with van der Waals surface area (Å²) < 4.78 is 0. The molecule has 1 unspecified atom stereocenters. The van der Waals surface area contributed by atoms with Gasteiger partial charge in [0.2, 0.25) is 0 Å². The van der Waals surface area contributed by atoms with E-state index in [1.807, 2.05) is 6.92 Å². The smallest absolute Gasteiger partial charge is 0.143 e. The van der Waals surface area contributed by atoms with Crippen molar-refractivity contribution in [3.63, 3.8) is 0 Å². The lowest BCUT2D eigenvalue weighted by Crippen LogP contribution is -2.33. The predicted molar refractivity (Wildman–Crippen MR) is 51.3 cm³/mol. The molecule has 0 spiro atoms. The summed E-state index contributed by atoms with van der Waals surface area (Å²) in [5.74, 6) is 0.281. The summed E-state index contributed by atoms with van der Waals surface area (Å²) in [4.78, 5) is 22.9. The predicted octanol–water partition coefficient (Wildman–Crippen LogP) is 2.14. The van der Waals surface area contributed by atoms with E-state index in [1.165, 1.54) is 13.8 Å². The van der Waals surface area contributed by atoms with Crippen LogP contribution in [0.3, 0.4) is 0 Å². The summed E-state index contributed by atoms with van der Waals surface area (Å²) in [5, 5.41) is 0. The van der Waals surface area contributed by atoms with Gasteiger partial charge in [0.1, 0.15) is 11.6 Å². The van der Waals surface area contributed by atoms with Crippen LogP contribution in [0.1, 0.15) is 33.6 Å². The first-order valence-electron chi connectivity index (χ1n) is 4.60. The van der Waals surface area contributed by atoms with Crippen molar-refractivity contribution in [1.82, 2.24) is 0 Å². The van der Waals surface area contributed by atoms with Crippen molar-refractivity contribution < 1.29 is 9.59 Å². The summed E-state index contributed by atoms with van der Waals surface area (Å²) in [7, 11) is 0. The number of hydrogen-bond donors (Lipinski definition) is 0. The summed E-state index contributed by atoms with van der Waals surface area (Å²) in [6.07, 6.45) is 1.20. The first-order chi connectivity index (χ1) is 5.90. The van der Waals surface area contributed by atoms with Gasteiger partial charge >= 0.3 is 0 Å². The van der Waals surface area contributed by atoms with Crippen LogP contribution in [0.5, 0.6) is 0 Å². The lowest BCUT2D eigenvalue weighted by Gasteiger charge is -2.21. The van der Waals surface area contributed by atoms with E-state index >= 15 is 0 Å². The van der Waals surface area contributed by atoms with Gasteiger partial charge in [0.15, 0.2) is 0 Å². The minimum Gasteiger partial charge on any atom is -0.299 e. The third-order valence-electron chi connectivity index (χ3n) is 3.23. The maximum Gasteiger partial charge on any atom is 0.143 e. The second kappa shape index (κ2) is 3.09. The highest BCUT2D eigenvalue weighted by Crippen LogP contribution is 2.45. The van der Waals surface area contributed by atoms with E-state index in [1.54, 1.807) is 0 Å². The Labute approximate surface area is 79.0 Å². The average Bonchev–Trinajstić information content (AvgIpc) is 2.29. The van der Waals surface area contributed by atoms with E-state index in [9.17, 15) is 9.59 Å². The van der Waals surface area contributed by atoms with Crippen molar-refractivity contribution in [2.24, 2.45) is 11.3 Å². The number of ketones is 2. The molecule has 1 saturated carbocycles. The molecule has 0 N–H and O–H groups in total. The highest BCUT2D eigenvalue weighted by molar-refractivity contribution is 6.05. The van der Waals surface area contributed by atoms with Crippen LogP contribution < -0.4 is 0 Å². The number of carbonyl (C=O) groups excluding carboxylic acids is 2. The van der Waals surface area contributed by atoms with Crippen LogP contribution in [0.2, 0.25) is 0 Å². The minimum absolute atomic E-state index is 0.00880. The maximum atomic E-state index is 11.4. The molecule has 0 amide bonds. The van der Waals surface area contributed by atoms with Crippen molar-refractivity contribution in [3.05, 3.63) is 12.2 Å². The van der Waals surface area contributed by atoms with Gasteiger partial charge in [-0.15, -0.1) is 0 Å². The van der Waals surface area contributed by atoms with Crippen LogP contribution in [0.15, 0.2) is 12.2 Å². The Morgan fingerprint density at radius 3 is 2.00 bits per heavy atom. The first kappa shape index (κ1) is 10.2. The van der Waals surface area contributed by atoms with Gasteiger partial charge in [-0.1, -0.05) is 19.1 Å². The SMILES string of the molecule is C=C1CC(C(C)=O)(C(C)=O)CC1C. The fraction of sp³-hybridized carbons (Fsp3) is 0.636. The lowest BCUT2D eigenvalue weighted by atomic mass is 9.78. The normalized spacial score (nSPS) is 26.1. The van der Waals surface area contributed by atoms with Crippen LogP contribution in [-0.4, -0.2) is 11.6 Å². The molecule has 0 aliphatic heterocycles. The van der Waals surface area contributed by atoms with Crippen molar-refractivity contribution in [2.45, 2.75) is 33.6 Å². The zero-order chi connectivity index (χ0) is 10.2. The van der Waals surface area contributed by atoms with E-state index < -0.39 is 5.41 Å². The summed E-state index contributed by atoms with van der Waals surface area (Å²) in [5.41, 5.74) is 0.293. The van der Waals surface area contributed by atoms with Crippen LogP contribution in [-0.2, 0) is 9.59 Å². The summed E-state index contributed by atoms with van der Waals surface area (Å²) in [6, 6.07) is 0. The molecule has 0 bridgehead atoms. The van der Waals surface area contributed by atoms with E-state index in [4.69, 9.17) is 0 Å². The largest absolute Gasteiger partial charge is 0.299 e. The fourth-order valence-electron chi connectivity index (χ4n) is 2.09. The van der Waals surface area contributed by atoms with Gasteiger partial charge in [-0.25, -0.2) is 0 Å². The van der Waals surface area contributed by atoms with E-state index in [2.05, 4.69) is 6.58 Å². The molecule has 0 radical (unpaired) electrons. The highest BCUT2D eigenvalue weighted by Gasteiger charge is 2.47. The molecular weight excluding hydrogens is 164 g/mol. The molecule has 0 aromatic carbocycles. The second-order valence-electron chi connectivity index (χ2n) is 4.13. The Hall–Kier alpha value is -0.920. The van der Waals surface area contributed by atoms with Crippen LogP contribution >= 0.6 is 0 Å². The molecule has 0 saturated heterocycles. The Balaban J connectivity index is 3.03. The number of allylic oxidation sites excluding steroid dienone is 1. The zero-order valence-corrected chi connectivity index (χ0v) is 8.52. The van der Waals surface area contributed by atoms with Crippen molar-refractivity contribution >= 4 is 11.6 Å². The third-order valence-corrected chi connectivity index (χ3v) is 3.23. The molecule has 1 atom stereocenters. The standard InChI is InChI=1S/C11H16O2/c1-7-5-11(9(3)12,10(4)13)6-8(7)2/h8H,1,5-6H2,2-4H3. The summed E-state index contributed by atoms with van der Waals surface area (Å²) in [6.45, 7) is 8.93. The van der Waals surface area contributed by atoms with Gasteiger partial charge in [0.05, 0.1) is 5.41 Å². The maximum absolute atomic E-state index is 11.4. The third kappa shape index (κ3) is 1.45. The van der Waals surface area contributed by atoms with Crippen molar-refractivity contribution in [3.8, 4) is 0 Å². The number of Topliss-reactive ketones (excluding diaryl/α,β-unsaturated/α-hetero) is 2. The Bertz CT molecular complexity index is 262. The monoisotopic (exact) mass is 180 g/mol. The number of hydrogen-bond acceptors (Lipinski definition) is 2. The molecule has 0 heterocycles. The van der Waals surface area contributed by atoms with Gasteiger partial charge in [-0.2, -0.15) is 0 Å². The molecule has 1 aliphatic rings. The Kier molecular flexibility index (Phi) is 2.42. The Morgan fingerprint density at radius 1 is 1.38 bits per heavy atom. The highest BCUT2D eigenvalue weighted by atomic mass is 16.2. The molecule has 1 aliphatic carbocycles. The van der Waals surface area contributed by atoms with Gasteiger partial charge in [0.25, 0.3) is 0 Å². The van der Waals surface area contributed by atoms with Gasteiger partial charge < -0.3 is 0 Å². The number of carbonyl (C=O) groups is 2. The zero-order valence-electron chi connectivity index (χ0n) is 8.52. The fourth-order valence-corrected chi connectivity index (χ4v) is 2.09. The van der Waals surface area contributed by atoms with Gasteiger partial charge in [-0.05, 0) is 32.6 Å². The first-order valence-corrected chi connectivity index (χ1v) is 4.60. The van der Waals surface area contributed by atoms with Crippen LogP contribution in [0.4, 0.5) is 0 Å².